The second kappa shape index (κ2) is 8.73. The summed E-state index contributed by atoms with van der Waals surface area (Å²) in [6.45, 7) is 6.10. The van der Waals surface area contributed by atoms with Crippen molar-refractivity contribution in [1.29, 1.82) is 0 Å². The molecule has 0 spiro atoms. The van der Waals surface area contributed by atoms with Gasteiger partial charge in [0.15, 0.2) is 0 Å². The maximum atomic E-state index is 11.8. The molecule has 0 radical (unpaired) electrons. The highest BCUT2D eigenvalue weighted by Gasteiger charge is 2.29. The van der Waals surface area contributed by atoms with Crippen LogP contribution in [0.25, 0.3) is 0 Å². The maximum absolute atomic E-state index is 11.8. The number of carbonyl (C=O) groups excluding carboxylic acids is 1. The summed E-state index contributed by atoms with van der Waals surface area (Å²) in [7, 11) is 1.77. The molecule has 22 heavy (non-hydrogen) atoms. The Labute approximate surface area is 138 Å². The van der Waals surface area contributed by atoms with Gasteiger partial charge in [0.2, 0.25) is 0 Å². The van der Waals surface area contributed by atoms with Crippen molar-refractivity contribution in [2.24, 2.45) is 10.9 Å². The second-order valence-electron chi connectivity index (χ2n) is 6.13. The number of piperidine rings is 1. The molecule has 2 heterocycles. The average molecular weight is 330 g/mol. The van der Waals surface area contributed by atoms with E-state index in [0.717, 1.165) is 63.5 Å². The number of hydrogen-bond acceptors (Lipinski definition) is 4. The van der Waals surface area contributed by atoms with Gasteiger partial charge in [-0.05, 0) is 52.1 Å². The Kier molecular flexibility index (Phi) is 6.96. The number of likely N-dealkylation sites (tertiary alicyclic amines) is 2. The lowest BCUT2D eigenvalue weighted by Crippen LogP contribution is -2.43. The van der Waals surface area contributed by atoms with Crippen LogP contribution in [0, 0.1) is 5.92 Å². The van der Waals surface area contributed by atoms with Crippen LogP contribution in [0.1, 0.15) is 39.0 Å². The largest absolute Gasteiger partial charge is 0.450 e. The molecule has 2 rings (SSSR count). The number of ether oxygens (including phenoxy) is 1. The number of halogens is 1. The van der Waals surface area contributed by atoms with Gasteiger partial charge in [0, 0.05) is 32.1 Å². The molecule has 1 amide bonds. The standard InChI is InChI=1S/C16H28ClN3O2/c1-3-22-16(21)20-9-4-5-14(8-12-20)19-10-6-13(7-11-19)15(17)18-2/h13-14H,3-12H2,1-2H3/b18-15+. The molecule has 2 saturated heterocycles. The quantitative estimate of drug-likeness (QED) is 0.748. The van der Waals surface area contributed by atoms with Crippen molar-refractivity contribution in [3.05, 3.63) is 0 Å². The van der Waals surface area contributed by atoms with Gasteiger partial charge in [-0.25, -0.2) is 4.79 Å². The van der Waals surface area contributed by atoms with Crippen molar-refractivity contribution in [3.63, 3.8) is 0 Å². The third-order valence-electron chi connectivity index (χ3n) is 4.82. The lowest BCUT2D eigenvalue weighted by atomic mass is 9.95. The van der Waals surface area contributed by atoms with Gasteiger partial charge >= 0.3 is 6.09 Å². The molecule has 2 fully saturated rings. The van der Waals surface area contributed by atoms with Crippen LogP contribution < -0.4 is 0 Å². The molecule has 0 aromatic rings. The van der Waals surface area contributed by atoms with Crippen molar-refractivity contribution in [3.8, 4) is 0 Å². The third-order valence-corrected chi connectivity index (χ3v) is 5.30. The summed E-state index contributed by atoms with van der Waals surface area (Å²) in [6.07, 6.45) is 5.28. The van der Waals surface area contributed by atoms with Crippen LogP contribution in [0.2, 0.25) is 0 Å². The predicted octanol–water partition coefficient (Wildman–Crippen LogP) is 2.98. The molecule has 5 nitrogen and oxygen atoms in total. The molecule has 0 aromatic carbocycles. The fourth-order valence-electron chi connectivity index (χ4n) is 3.53. The fraction of sp³-hybridized carbons (Fsp3) is 0.875. The molecule has 0 bridgehead atoms. The maximum Gasteiger partial charge on any atom is 0.409 e. The Morgan fingerprint density at radius 3 is 2.55 bits per heavy atom. The van der Waals surface area contributed by atoms with Gasteiger partial charge in [0.1, 0.15) is 5.17 Å². The Bertz CT molecular complexity index is 395. The summed E-state index contributed by atoms with van der Waals surface area (Å²) < 4.78 is 5.12. The van der Waals surface area contributed by atoms with Crippen molar-refractivity contribution in [2.45, 2.75) is 45.1 Å². The van der Waals surface area contributed by atoms with E-state index in [-0.39, 0.29) is 6.09 Å². The van der Waals surface area contributed by atoms with Gasteiger partial charge in [-0.3, -0.25) is 4.99 Å². The first-order valence-corrected chi connectivity index (χ1v) is 8.81. The van der Waals surface area contributed by atoms with E-state index in [4.69, 9.17) is 16.3 Å². The van der Waals surface area contributed by atoms with Gasteiger partial charge < -0.3 is 14.5 Å². The molecule has 1 unspecified atom stereocenters. The zero-order chi connectivity index (χ0) is 15.9. The molecule has 0 aliphatic carbocycles. The highest BCUT2D eigenvalue weighted by Crippen LogP contribution is 2.25. The molecular weight excluding hydrogens is 302 g/mol. The minimum absolute atomic E-state index is 0.159. The van der Waals surface area contributed by atoms with Gasteiger partial charge in [-0.2, -0.15) is 0 Å². The third kappa shape index (κ3) is 4.59. The van der Waals surface area contributed by atoms with E-state index in [9.17, 15) is 4.79 Å². The predicted molar refractivity (Wildman–Crippen MR) is 89.7 cm³/mol. The van der Waals surface area contributed by atoms with E-state index < -0.39 is 0 Å². The lowest BCUT2D eigenvalue weighted by Gasteiger charge is -2.37. The van der Waals surface area contributed by atoms with E-state index in [2.05, 4.69) is 9.89 Å². The van der Waals surface area contributed by atoms with Gasteiger partial charge in [0.05, 0.1) is 6.61 Å². The topological polar surface area (TPSA) is 45.1 Å². The van der Waals surface area contributed by atoms with Crippen LogP contribution >= 0.6 is 11.6 Å². The van der Waals surface area contributed by atoms with Crippen molar-refractivity contribution >= 4 is 22.9 Å². The van der Waals surface area contributed by atoms with E-state index in [1.807, 2.05) is 11.8 Å². The molecular formula is C16H28ClN3O2. The van der Waals surface area contributed by atoms with Gasteiger partial charge in [0.25, 0.3) is 0 Å². The average Bonchev–Trinajstić information content (AvgIpc) is 2.80. The summed E-state index contributed by atoms with van der Waals surface area (Å²) in [5.74, 6) is 0.435. The van der Waals surface area contributed by atoms with Crippen LogP contribution in [0.3, 0.4) is 0 Å². The molecule has 126 valence electrons. The monoisotopic (exact) mass is 329 g/mol. The van der Waals surface area contributed by atoms with Crippen molar-refractivity contribution < 1.29 is 9.53 Å². The molecule has 6 heteroatoms. The van der Waals surface area contributed by atoms with Crippen molar-refractivity contribution in [2.75, 3.05) is 39.8 Å². The summed E-state index contributed by atoms with van der Waals surface area (Å²) in [6, 6.07) is 0.581. The van der Waals surface area contributed by atoms with Crippen LogP contribution in [-0.2, 0) is 4.74 Å². The molecule has 0 aromatic heterocycles. The highest BCUT2D eigenvalue weighted by molar-refractivity contribution is 6.65. The summed E-state index contributed by atoms with van der Waals surface area (Å²) in [4.78, 5) is 20.4. The van der Waals surface area contributed by atoms with Crippen LogP contribution in [-0.4, -0.2) is 66.9 Å². The summed E-state index contributed by atoms with van der Waals surface area (Å²) in [5, 5.41) is 0.772. The normalized spacial score (nSPS) is 25.9. The SMILES string of the molecule is CCOC(=O)N1CCCC(N2CCC(/C(Cl)=N\C)CC2)CC1. The number of aliphatic imine (C=N–C) groups is 1. The van der Waals surface area contributed by atoms with E-state index in [1.54, 1.807) is 7.05 Å². The number of hydrogen-bond donors (Lipinski definition) is 0. The smallest absolute Gasteiger partial charge is 0.409 e. The van der Waals surface area contributed by atoms with E-state index >= 15 is 0 Å². The van der Waals surface area contributed by atoms with Crippen LogP contribution in [0.15, 0.2) is 4.99 Å². The number of amides is 1. The lowest BCUT2D eigenvalue weighted by molar-refractivity contribution is 0.105. The minimum Gasteiger partial charge on any atom is -0.450 e. The second-order valence-corrected chi connectivity index (χ2v) is 6.51. The first-order valence-electron chi connectivity index (χ1n) is 8.43. The van der Waals surface area contributed by atoms with E-state index in [0.29, 0.717) is 18.6 Å². The van der Waals surface area contributed by atoms with Crippen LogP contribution in [0.4, 0.5) is 4.79 Å². The first kappa shape index (κ1) is 17.5. The molecule has 1 atom stereocenters. The summed E-state index contributed by atoms with van der Waals surface area (Å²) in [5.41, 5.74) is 0. The zero-order valence-corrected chi connectivity index (χ0v) is 14.5. The Balaban J connectivity index is 1.81. The van der Waals surface area contributed by atoms with Gasteiger partial charge in [-0.15, -0.1) is 0 Å². The van der Waals surface area contributed by atoms with Crippen LogP contribution in [0.5, 0.6) is 0 Å². The number of rotatable bonds is 3. The Morgan fingerprint density at radius 1 is 1.18 bits per heavy atom. The molecule has 2 aliphatic rings. The minimum atomic E-state index is -0.159. The highest BCUT2D eigenvalue weighted by atomic mass is 35.5. The van der Waals surface area contributed by atoms with Gasteiger partial charge in [-0.1, -0.05) is 11.6 Å². The Hall–Kier alpha value is -0.810. The number of nitrogens with zero attached hydrogens (tertiary/aromatic N) is 3. The Morgan fingerprint density at radius 2 is 1.91 bits per heavy atom. The van der Waals surface area contributed by atoms with Crippen molar-refractivity contribution in [1.82, 2.24) is 9.80 Å². The first-order chi connectivity index (χ1) is 10.7. The summed E-state index contributed by atoms with van der Waals surface area (Å²) >= 11 is 6.16. The fourth-order valence-corrected chi connectivity index (χ4v) is 3.74. The molecule has 2 aliphatic heterocycles. The molecule has 0 saturated carbocycles. The molecule has 0 N–H and O–H groups in total. The number of carbonyl (C=O) groups is 1. The zero-order valence-electron chi connectivity index (χ0n) is 13.8. The van der Waals surface area contributed by atoms with E-state index in [1.165, 1.54) is 0 Å².